The Morgan fingerprint density at radius 3 is 2.72 bits per heavy atom. The largest absolute Gasteiger partial charge is 0.467 e. The Kier molecular flexibility index (Phi) is 4.96. The van der Waals surface area contributed by atoms with E-state index in [0.717, 1.165) is 21.1 Å². The minimum atomic E-state index is -4.50. The molecule has 0 atom stereocenters. The van der Waals surface area contributed by atoms with Crippen molar-refractivity contribution in [3.63, 3.8) is 0 Å². The van der Waals surface area contributed by atoms with E-state index in [1.165, 1.54) is 23.7 Å². The summed E-state index contributed by atoms with van der Waals surface area (Å²) in [6, 6.07) is 6.81. The van der Waals surface area contributed by atoms with Crippen LogP contribution in [0.25, 0.3) is 9.88 Å². The van der Waals surface area contributed by atoms with Crippen LogP contribution in [0.3, 0.4) is 0 Å². The predicted molar refractivity (Wildman–Crippen MR) is 89.7 cm³/mol. The first kappa shape index (κ1) is 17.7. The van der Waals surface area contributed by atoms with Crippen molar-refractivity contribution in [3.05, 3.63) is 52.2 Å². The first-order valence-electron chi connectivity index (χ1n) is 7.23. The quantitative estimate of drug-likeness (QED) is 0.621. The second kappa shape index (κ2) is 7.01. The number of halogens is 3. The lowest BCUT2D eigenvalue weighted by Crippen LogP contribution is -2.38. The molecule has 132 valence electrons. The summed E-state index contributed by atoms with van der Waals surface area (Å²) in [4.78, 5) is 18.9. The normalized spacial score (nSPS) is 11.7. The van der Waals surface area contributed by atoms with E-state index in [-0.39, 0.29) is 11.4 Å². The van der Waals surface area contributed by atoms with E-state index in [4.69, 9.17) is 4.42 Å². The molecule has 0 saturated carbocycles. The molecule has 3 aromatic heterocycles. The molecule has 9 heteroatoms. The standard InChI is InChI=1S/C16H13F3N2O2S2/c1-10-13(25-14(20-10)12-5-3-7-24-12)15(22)21(9-16(17,18)19)8-11-4-2-6-23-11/h2-7H,8-9H2,1H3. The Morgan fingerprint density at radius 2 is 2.12 bits per heavy atom. The average molecular weight is 386 g/mol. The highest BCUT2D eigenvalue weighted by Gasteiger charge is 2.35. The van der Waals surface area contributed by atoms with Gasteiger partial charge in [-0.3, -0.25) is 4.79 Å². The number of amides is 1. The number of hydrogen-bond acceptors (Lipinski definition) is 5. The molecule has 3 heterocycles. The molecular weight excluding hydrogens is 373 g/mol. The number of furan rings is 1. The molecule has 0 aromatic carbocycles. The molecule has 25 heavy (non-hydrogen) atoms. The van der Waals surface area contributed by atoms with Gasteiger partial charge in [-0.1, -0.05) is 6.07 Å². The van der Waals surface area contributed by atoms with Gasteiger partial charge in [-0.25, -0.2) is 4.98 Å². The van der Waals surface area contributed by atoms with Crippen LogP contribution in [0.4, 0.5) is 13.2 Å². The van der Waals surface area contributed by atoms with Gasteiger partial charge in [-0.2, -0.15) is 13.2 Å². The summed E-state index contributed by atoms with van der Waals surface area (Å²) in [6.45, 7) is 0.0225. The summed E-state index contributed by atoms with van der Waals surface area (Å²) in [7, 11) is 0. The van der Waals surface area contributed by atoms with Crippen molar-refractivity contribution in [2.45, 2.75) is 19.6 Å². The number of hydrogen-bond donors (Lipinski definition) is 0. The summed E-state index contributed by atoms with van der Waals surface area (Å²) < 4.78 is 43.8. The van der Waals surface area contributed by atoms with E-state index in [2.05, 4.69) is 4.98 Å². The molecule has 0 unspecified atom stereocenters. The molecule has 3 rings (SSSR count). The lowest BCUT2D eigenvalue weighted by Gasteiger charge is -2.22. The molecule has 0 fully saturated rings. The molecule has 0 aliphatic carbocycles. The first-order valence-corrected chi connectivity index (χ1v) is 8.93. The van der Waals surface area contributed by atoms with Gasteiger partial charge in [-0.05, 0) is 30.5 Å². The zero-order chi connectivity index (χ0) is 18.0. The lowest BCUT2D eigenvalue weighted by atomic mass is 10.3. The molecular formula is C16H13F3N2O2S2. The smallest absolute Gasteiger partial charge is 0.406 e. The van der Waals surface area contributed by atoms with E-state index in [0.29, 0.717) is 16.5 Å². The van der Waals surface area contributed by atoms with Crippen molar-refractivity contribution in [3.8, 4) is 9.88 Å². The van der Waals surface area contributed by atoms with Crippen LogP contribution < -0.4 is 0 Å². The van der Waals surface area contributed by atoms with Crippen LogP contribution in [0.2, 0.25) is 0 Å². The van der Waals surface area contributed by atoms with E-state index < -0.39 is 18.6 Å². The number of carbonyl (C=O) groups excluding carboxylic acids is 1. The van der Waals surface area contributed by atoms with Gasteiger partial charge in [0, 0.05) is 0 Å². The van der Waals surface area contributed by atoms with Crippen molar-refractivity contribution < 1.29 is 22.4 Å². The summed E-state index contributed by atoms with van der Waals surface area (Å²) in [5.41, 5.74) is 0.421. The Bertz CT molecular complexity index is 839. The van der Waals surface area contributed by atoms with Gasteiger partial charge in [0.1, 0.15) is 22.2 Å². The van der Waals surface area contributed by atoms with Crippen LogP contribution >= 0.6 is 22.7 Å². The van der Waals surface area contributed by atoms with Gasteiger partial charge in [0.25, 0.3) is 5.91 Å². The Balaban J connectivity index is 1.89. The fourth-order valence-corrected chi connectivity index (χ4v) is 4.08. The second-order valence-corrected chi connectivity index (χ2v) is 7.21. The number of nitrogens with zero attached hydrogens (tertiary/aromatic N) is 2. The second-order valence-electron chi connectivity index (χ2n) is 5.27. The van der Waals surface area contributed by atoms with E-state index in [9.17, 15) is 18.0 Å². The molecule has 0 radical (unpaired) electrons. The minimum Gasteiger partial charge on any atom is -0.467 e. The van der Waals surface area contributed by atoms with Gasteiger partial charge >= 0.3 is 6.18 Å². The van der Waals surface area contributed by atoms with Crippen LogP contribution in [0.5, 0.6) is 0 Å². The summed E-state index contributed by atoms with van der Waals surface area (Å²) in [5.74, 6) is -0.412. The van der Waals surface area contributed by atoms with Crippen molar-refractivity contribution in [2.24, 2.45) is 0 Å². The highest BCUT2D eigenvalue weighted by atomic mass is 32.1. The van der Waals surface area contributed by atoms with E-state index in [1.807, 2.05) is 17.5 Å². The number of alkyl halides is 3. The van der Waals surface area contributed by atoms with Crippen molar-refractivity contribution in [1.82, 2.24) is 9.88 Å². The first-order chi connectivity index (χ1) is 11.8. The number of aromatic nitrogens is 1. The van der Waals surface area contributed by atoms with Crippen molar-refractivity contribution in [2.75, 3.05) is 6.54 Å². The van der Waals surface area contributed by atoms with Gasteiger partial charge in [0.05, 0.1) is 23.4 Å². The molecule has 3 aromatic rings. The zero-order valence-electron chi connectivity index (χ0n) is 13.0. The highest BCUT2D eigenvalue weighted by Crippen LogP contribution is 2.32. The lowest BCUT2D eigenvalue weighted by molar-refractivity contribution is -0.142. The maximum absolute atomic E-state index is 12.9. The minimum absolute atomic E-state index is 0.208. The van der Waals surface area contributed by atoms with Gasteiger partial charge in [0.2, 0.25) is 0 Å². The predicted octanol–water partition coefficient (Wildman–Crippen LogP) is 4.98. The number of rotatable bonds is 5. The Morgan fingerprint density at radius 1 is 1.32 bits per heavy atom. The molecule has 0 N–H and O–H groups in total. The maximum Gasteiger partial charge on any atom is 0.406 e. The summed E-state index contributed by atoms with van der Waals surface area (Å²) in [5, 5.41) is 2.50. The number of thiazole rings is 1. The number of thiophene rings is 1. The van der Waals surface area contributed by atoms with Gasteiger partial charge in [-0.15, -0.1) is 22.7 Å². The third-order valence-corrected chi connectivity index (χ3v) is 5.49. The molecule has 0 saturated heterocycles. The topological polar surface area (TPSA) is 46.3 Å². The number of carbonyl (C=O) groups is 1. The summed E-state index contributed by atoms with van der Waals surface area (Å²) >= 11 is 2.56. The monoisotopic (exact) mass is 386 g/mol. The Hall–Kier alpha value is -2.13. The molecule has 0 aliphatic rings. The molecule has 0 aliphatic heterocycles. The average Bonchev–Trinajstić information content (AvgIpc) is 3.25. The number of aryl methyl sites for hydroxylation is 1. The third-order valence-electron chi connectivity index (χ3n) is 3.31. The molecule has 0 bridgehead atoms. The summed E-state index contributed by atoms with van der Waals surface area (Å²) in [6.07, 6.45) is -3.14. The molecule has 0 spiro atoms. The van der Waals surface area contributed by atoms with Crippen LogP contribution in [0.15, 0.2) is 40.3 Å². The van der Waals surface area contributed by atoms with E-state index >= 15 is 0 Å². The van der Waals surface area contributed by atoms with E-state index in [1.54, 1.807) is 13.0 Å². The zero-order valence-corrected chi connectivity index (χ0v) is 14.7. The van der Waals surface area contributed by atoms with Crippen LogP contribution in [-0.4, -0.2) is 28.5 Å². The fraction of sp³-hybridized carbons (Fsp3) is 0.250. The van der Waals surface area contributed by atoms with Crippen molar-refractivity contribution >= 4 is 28.6 Å². The van der Waals surface area contributed by atoms with Gasteiger partial charge < -0.3 is 9.32 Å². The maximum atomic E-state index is 12.9. The van der Waals surface area contributed by atoms with Crippen LogP contribution in [-0.2, 0) is 6.54 Å². The van der Waals surface area contributed by atoms with Crippen LogP contribution in [0.1, 0.15) is 21.1 Å². The molecule has 1 amide bonds. The third kappa shape index (κ3) is 4.29. The SMILES string of the molecule is Cc1nc(-c2cccs2)sc1C(=O)N(Cc1ccco1)CC(F)(F)F. The fourth-order valence-electron chi connectivity index (χ4n) is 2.25. The van der Waals surface area contributed by atoms with Crippen LogP contribution in [0, 0.1) is 6.92 Å². The Labute approximate surface area is 149 Å². The van der Waals surface area contributed by atoms with Gasteiger partial charge in [0.15, 0.2) is 0 Å². The van der Waals surface area contributed by atoms with Crippen molar-refractivity contribution in [1.29, 1.82) is 0 Å². The highest BCUT2D eigenvalue weighted by molar-refractivity contribution is 7.22. The molecule has 4 nitrogen and oxygen atoms in total.